The molecule has 0 aromatic heterocycles. The van der Waals surface area contributed by atoms with Crippen LogP contribution in [0.3, 0.4) is 0 Å². The van der Waals surface area contributed by atoms with Crippen molar-refractivity contribution in [2.75, 3.05) is 31.1 Å². The Morgan fingerprint density at radius 2 is 1.83 bits per heavy atom. The third-order valence-corrected chi connectivity index (χ3v) is 4.48. The molecule has 1 rings (SSSR count). The third kappa shape index (κ3) is 9.83. The molecule has 0 bridgehead atoms. The number of anilines is 1. The summed E-state index contributed by atoms with van der Waals surface area (Å²) in [5, 5.41) is 3.03. The number of unbranched alkanes of at least 4 members (excludes halogenated alkanes) is 1. The van der Waals surface area contributed by atoms with Crippen molar-refractivity contribution in [1.82, 2.24) is 10.0 Å². The molecule has 1 amide bonds. The molecule has 0 radical (unpaired) electrons. The standard InChI is InChI=1S/C19H33N3OS/c1-5-22(17-11-7-6-8-12-17)16-15-20-18(23)13-9-10-14-21-24-19(2,3)4/h6-8,11-12,21H,5,9-10,13-16H2,1-4H3,(H,20,23). The summed E-state index contributed by atoms with van der Waals surface area (Å²) < 4.78 is 3.60. The SMILES string of the molecule is CCN(CCNC(=O)CCCCNSC(C)(C)C)c1ccccc1. The summed E-state index contributed by atoms with van der Waals surface area (Å²) in [7, 11) is 0. The molecule has 0 spiro atoms. The van der Waals surface area contributed by atoms with E-state index in [9.17, 15) is 4.79 Å². The van der Waals surface area contributed by atoms with Crippen molar-refractivity contribution in [2.24, 2.45) is 0 Å². The molecular weight excluding hydrogens is 318 g/mol. The lowest BCUT2D eigenvalue weighted by atomic mass is 10.2. The van der Waals surface area contributed by atoms with E-state index in [1.807, 2.05) is 18.2 Å². The van der Waals surface area contributed by atoms with E-state index < -0.39 is 0 Å². The predicted octanol–water partition coefficient (Wildman–Crippen LogP) is 3.84. The van der Waals surface area contributed by atoms with Gasteiger partial charge in [-0.1, -0.05) is 30.1 Å². The predicted molar refractivity (Wildman–Crippen MR) is 107 cm³/mol. The van der Waals surface area contributed by atoms with Crippen LogP contribution in [0.15, 0.2) is 30.3 Å². The second-order valence-corrected chi connectivity index (χ2v) is 8.55. The van der Waals surface area contributed by atoms with Crippen LogP contribution in [0.1, 0.15) is 47.0 Å². The molecule has 0 atom stereocenters. The van der Waals surface area contributed by atoms with E-state index in [1.165, 1.54) is 5.69 Å². The van der Waals surface area contributed by atoms with Gasteiger partial charge in [0.2, 0.25) is 5.91 Å². The Morgan fingerprint density at radius 1 is 1.12 bits per heavy atom. The number of carbonyl (C=O) groups excluding carboxylic acids is 1. The zero-order valence-corrected chi connectivity index (χ0v) is 16.4. The average Bonchev–Trinajstić information content (AvgIpc) is 2.54. The van der Waals surface area contributed by atoms with Gasteiger partial charge in [-0.05, 0) is 52.7 Å². The second kappa shape index (κ2) is 11.4. The van der Waals surface area contributed by atoms with Crippen molar-refractivity contribution in [1.29, 1.82) is 0 Å². The Hall–Kier alpha value is -1.20. The van der Waals surface area contributed by atoms with E-state index >= 15 is 0 Å². The van der Waals surface area contributed by atoms with Crippen LogP contribution < -0.4 is 14.9 Å². The highest BCUT2D eigenvalue weighted by Gasteiger charge is 2.09. The van der Waals surface area contributed by atoms with Gasteiger partial charge in [-0.15, -0.1) is 0 Å². The molecule has 0 aliphatic rings. The third-order valence-electron chi connectivity index (χ3n) is 3.52. The first-order chi connectivity index (χ1) is 11.4. The van der Waals surface area contributed by atoms with Crippen LogP contribution in [0.4, 0.5) is 5.69 Å². The molecule has 24 heavy (non-hydrogen) atoms. The van der Waals surface area contributed by atoms with E-state index in [0.717, 1.165) is 32.5 Å². The molecule has 0 aliphatic heterocycles. The summed E-state index contributed by atoms with van der Waals surface area (Å²) >= 11 is 1.75. The number of hydrogen-bond acceptors (Lipinski definition) is 4. The van der Waals surface area contributed by atoms with Gasteiger partial charge in [0.05, 0.1) is 0 Å². The second-order valence-electron chi connectivity index (χ2n) is 6.83. The molecule has 5 heteroatoms. The normalized spacial score (nSPS) is 11.3. The topological polar surface area (TPSA) is 44.4 Å². The minimum Gasteiger partial charge on any atom is -0.370 e. The molecule has 0 heterocycles. The number of likely N-dealkylation sites (N-methyl/N-ethyl adjacent to an activating group) is 1. The van der Waals surface area contributed by atoms with E-state index in [4.69, 9.17) is 0 Å². The molecule has 0 fully saturated rings. The maximum absolute atomic E-state index is 11.9. The minimum atomic E-state index is 0.155. The quantitative estimate of drug-likeness (QED) is 0.470. The molecule has 136 valence electrons. The smallest absolute Gasteiger partial charge is 0.220 e. The molecule has 4 nitrogen and oxygen atoms in total. The number of hydrogen-bond donors (Lipinski definition) is 2. The summed E-state index contributed by atoms with van der Waals surface area (Å²) in [6.45, 7) is 12.1. The zero-order chi connectivity index (χ0) is 17.8. The van der Waals surface area contributed by atoms with Gasteiger partial charge in [0.1, 0.15) is 0 Å². The fourth-order valence-corrected chi connectivity index (χ4v) is 2.96. The van der Waals surface area contributed by atoms with Crippen LogP contribution in [0.2, 0.25) is 0 Å². The first kappa shape index (κ1) is 20.8. The first-order valence-corrected chi connectivity index (χ1v) is 9.71. The molecule has 0 saturated heterocycles. The largest absolute Gasteiger partial charge is 0.370 e. The highest BCUT2D eigenvalue weighted by Crippen LogP contribution is 2.19. The van der Waals surface area contributed by atoms with E-state index in [1.54, 1.807) is 11.9 Å². The number of rotatable bonds is 11. The van der Waals surface area contributed by atoms with Crippen molar-refractivity contribution in [2.45, 2.75) is 51.7 Å². The number of nitrogens with one attached hydrogen (secondary N) is 2. The Kier molecular flexibility index (Phi) is 9.88. The molecule has 1 aromatic carbocycles. The summed E-state index contributed by atoms with van der Waals surface area (Å²) in [5.41, 5.74) is 1.21. The first-order valence-electron chi connectivity index (χ1n) is 8.90. The van der Waals surface area contributed by atoms with Crippen LogP contribution >= 0.6 is 11.9 Å². The maximum Gasteiger partial charge on any atom is 0.220 e. The lowest BCUT2D eigenvalue weighted by Gasteiger charge is -2.23. The van der Waals surface area contributed by atoms with Crippen LogP contribution in [0.25, 0.3) is 0 Å². The van der Waals surface area contributed by atoms with Gasteiger partial charge in [-0.25, -0.2) is 0 Å². The highest BCUT2D eigenvalue weighted by molar-refractivity contribution is 7.98. The summed E-state index contributed by atoms with van der Waals surface area (Å²) in [4.78, 5) is 14.2. The molecule has 0 unspecified atom stereocenters. The Bertz CT molecular complexity index is 459. The zero-order valence-electron chi connectivity index (χ0n) is 15.6. The van der Waals surface area contributed by atoms with Gasteiger partial charge in [0.25, 0.3) is 0 Å². The van der Waals surface area contributed by atoms with Gasteiger partial charge < -0.3 is 10.2 Å². The summed E-state index contributed by atoms with van der Waals surface area (Å²) in [6.07, 6.45) is 2.57. The van der Waals surface area contributed by atoms with E-state index in [0.29, 0.717) is 13.0 Å². The monoisotopic (exact) mass is 351 g/mol. The lowest BCUT2D eigenvalue weighted by molar-refractivity contribution is -0.121. The number of amides is 1. The van der Waals surface area contributed by atoms with Crippen LogP contribution in [0, 0.1) is 0 Å². The summed E-state index contributed by atoms with van der Waals surface area (Å²) in [6, 6.07) is 10.3. The minimum absolute atomic E-state index is 0.155. The van der Waals surface area contributed by atoms with Gasteiger partial charge >= 0.3 is 0 Å². The Balaban J connectivity index is 2.09. The van der Waals surface area contributed by atoms with Crippen molar-refractivity contribution in [3.8, 4) is 0 Å². The molecule has 0 aliphatic carbocycles. The van der Waals surface area contributed by atoms with Crippen molar-refractivity contribution in [3.05, 3.63) is 30.3 Å². The molecule has 2 N–H and O–H groups in total. The molecule has 1 aromatic rings. The average molecular weight is 352 g/mol. The van der Waals surface area contributed by atoms with Gasteiger partial charge in [0, 0.05) is 43.0 Å². The van der Waals surface area contributed by atoms with Gasteiger partial charge in [0.15, 0.2) is 0 Å². The van der Waals surface area contributed by atoms with Crippen molar-refractivity contribution < 1.29 is 4.79 Å². The number of para-hydroxylation sites is 1. The van der Waals surface area contributed by atoms with Crippen LogP contribution in [0.5, 0.6) is 0 Å². The Labute approximate surface area is 151 Å². The Morgan fingerprint density at radius 3 is 2.46 bits per heavy atom. The number of nitrogens with zero attached hydrogens (tertiary/aromatic N) is 1. The highest BCUT2D eigenvalue weighted by atomic mass is 32.2. The van der Waals surface area contributed by atoms with E-state index in [-0.39, 0.29) is 10.7 Å². The van der Waals surface area contributed by atoms with E-state index in [2.05, 4.69) is 54.8 Å². The maximum atomic E-state index is 11.9. The molecular formula is C19H33N3OS. The van der Waals surface area contributed by atoms with Crippen LogP contribution in [-0.2, 0) is 4.79 Å². The fraction of sp³-hybridized carbons (Fsp3) is 0.632. The van der Waals surface area contributed by atoms with Crippen LogP contribution in [-0.4, -0.2) is 36.8 Å². The summed E-state index contributed by atoms with van der Waals surface area (Å²) in [5.74, 6) is 0.155. The van der Waals surface area contributed by atoms with Gasteiger partial charge in [-0.3, -0.25) is 9.52 Å². The fourth-order valence-electron chi connectivity index (χ4n) is 2.28. The van der Waals surface area contributed by atoms with Crippen molar-refractivity contribution in [3.63, 3.8) is 0 Å². The lowest BCUT2D eigenvalue weighted by Crippen LogP contribution is -2.34. The number of benzene rings is 1. The van der Waals surface area contributed by atoms with Gasteiger partial charge in [-0.2, -0.15) is 0 Å². The van der Waals surface area contributed by atoms with Crippen molar-refractivity contribution >= 4 is 23.5 Å². The number of carbonyl (C=O) groups is 1. The molecule has 0 saturated carbocycles.